The first-order valence-corrected chi connectivity index (χ1v) is 12.5. The van der Waals surface area contributed by atoms with E-state index in [0.29, 0.717) is 12.8 Å². The number of amides is 1. The van der Waals surface area contributed by atoms with Gasteiger partial charge in [0.15, 0.2) is 11.4 Å². The fraction of sp³-hybridized carbons (Fsp3) is 0.565. The summed E-state index contributed by atoms with van der Waals surface area (Å²) in [5.74, 6) is -1.24. The zero-order chi connectivity index (χ0) is 24.0. The fourth-order valence-electron chi connectivity index (χ4n) is 4.61. The molecule has 0 aromatic carbocycles. The van der Waals surface area contributed by atoms with Crippen molar-refractivity contribution in [3.8, 4) is 0 Å². The Morgan fingerprint density at radius 3 is 2.79 bits per heavy atom. The summed E-state index contributed by atoms with van der Waals surface area (Å²) in [6, 6.07) is -0.341. The number of nitrogens with zero attached hydrogens (tertiary/aromatic N) is 1. The van der Waals surface area contributed by atoms with Crippen LogP contribution in [0.3, 0.4) is 0 Å². The molecule has 0 saturated carbocycles. The molecule has 1 amide bonds. The summed E-state index contributed by atoms with van der Waals surface area (Å²) in [5, 5.41) is 16.9. The highest BCUT2D eigenvalue weighted by atomic mass is 32.2. The van der Waals surface area contributed by atoms with E-state index in [1.54, 1.807) is 18.2 Å². The molecule has 1 aromatic rings. The molecule has 0 radical (unpaired) electrons. The van der Waals surface area contributed by atoms with Gasteiger partial charge < -0.3 is 19.9 Å². The van der Waals surface area contributed by atoms with Crippen LogP contribution in [-0.4, -0.2) is 62.2 Å². The summed E-state index contributed by atoms with van der Waals surface area (Å²) >= 11 is 2.77. The maximum Gasteiger partial charge on any atom is 0.339 e. The van der Waals surface area contributed by atoms with Crippen LogP contribution in [0.4, 0.5) is 0 Å². The third kappa shape index (κ3) is 4.41. The van der Waals surface area contributed by atoms with E-state index in [1.807, 2.05) is 19.2 Å². The first kappa shape index (κ1) is 24.1. The van der Waals surface area contributed by atoms with Crippen molar-refractivity contribution in [3.63, 3.8) is 0 Å². The number of allylic oxidation sites excluding steroid dienone is 2. The number of aliphatic hydroxyl groups is 1. The number of esters is 1. The SMILES string of the molecule is COC(=O)[C@](C)(O)[C@]12CC[C@](C)(S1)[C@H]1O[C@@H]1C(=O)/C=C/C=C\c1csc(n1)[C@H](C)NC(=O)C2. The highest BCUT2D eigenvalue weighted by Crippen LogP contribution is 2.61. The highest BCUT2D eigenvalue weighted by molar-refractivity contribution is 8.02. The number of thiazole rings is 1. The second kappa shape index (κ2) is 8.65. The van der Waals surface area contributed by atoms with E-state index in [2.05, 4.69) is 10.3 Å². The van der Waals surface area contributed by atoms with E-state index in [0.717, 1.165) is 10.7 Å². The summed E-state index contributed by atoms with van der Waals surface area (Å²) < 4.78 is 8.96. The van der Waals surface area contributed by atoms with Crippen LogP contribution in [0.1, 0.15) is 56.8 Å². The number of carbonyl (C=O) groups is 3. The molecule has 4 bridgehead atoms. The predicted octanol–water partition coefficient (Wildman–Crippen LogP) is 2.58. The molecule has 1 aromatic heterocycles. The van der Waals surface area contributed by atoms with Crippen LogP contribution in [-0.2, 0) is 23.9 Å². The van der Waals surface area contributed by atoms with Crippen molar-refractivity contribution in [2.45, 2.75) is 73.4 Å². The molecule has 2 fully saturated rings. The number of ketones is 1. The number of thioether (sulfide) groups is 1. The van der Waals surface area contributed by atoms with Crippen LogP contribution in [0.2, 0.25) is 0 Å². The summed E-state index contributed by atoms with van der Waals surface area (Å²) in [6.07, 6.45) is 6.62. The third-order valence-electron chi connectivity index (χ3n) is 6.67. The van der Waals surface area contributed by atoms with Gasteiger partial charge in [-0.1, -0.05) is 12.2 Å². The van der Waals surface area contributed by atoms with Gasteiger partial charge in [0.1, 0.15) is 17.2 Å². The molecule has 2 N–H and O–H groups in total. The molecule has 6 atom stereocenters. The average molecular weight is 493 g/mol. The minimum Gasteiger partial charge on any atom is -0.467 e. The van der Waals surface area contributed by atoms with Crippen LogP contribution in [0.25, 0.3) is 6.08 Å². The number of aromatic nitrogens is 1. The predicted molar refractivity (Wildman–Crippen MR) is 126 cm³/mol. The first-order valence-electron chi connectivity index (χ1n) is 10.8. The molecular formula is C23H28N2O6S2. The van der Waals surface area contributed by atoms with Gasteiger partial charge in [-0.15, -0.1) is 23.1 Å². The molecule has 4 rings (SSSR count). The number of epoxide rings is 1. The van der Waals surface area contributed by atoms with Crippen LogP contribution >= 0.6 is 23.1 Å². The van der Waals surface area contributed by atoms with E-state index < -0.39 is 27.2 Å². The molecular weight excluding hydrogens is 464 g/mol. The Hall–Kier alpha value is -2.01. The molecule has 4 heterocycles. The van der Waals surface area contributed by atoms with Crippen LogP contribution < -0.4 is 5.32 Å². The smallest absolute Gasteiger partial charge is 0.339 e. The summed E-state index contributed by atoms with van der Waals surface area (Å²) in [7, 11) is 1.21. The van der Waals surface area contributed by atoms with Crippen molar-refractivity contribution in [1.82, 2.24) is 10.3 Å². The number of fused-ring (bicyclic) bond motifs is 6. The topological polar surface area (TPSA) is 118 Å². The zero-order valence-electron chi connectivity index (χ0n) is 19.0. The van der Waals surface area contributed by atoms with Crippen LogP contribution in [0.15, 0.2) is 23.6 Å². The Balaban J connectivity index is 1.70. The van der Waals surface area contributed by atoms with Crippen molar-refractivity contribution >= 4 is 46.8 Å². The minimum absolute atomic E-state index is 0.0942. The van der Waals surface area contributed by atoms with Crippen LogP contribution in [0, 0.1) is 0 Å². The van der Waals surface area contributed by atoms with Gasteiger partial charge in [-0.3, -0.25) is 9.59 Å². The summed E-state index contributed by atoms with van der Waals surface area (Å²) in [6.45, 7) is 5.20. The van der Waals surface area contributed by atoms with Gasteiger partial charge in [0.2, 0.25) is 5.91 Å². The zero-order valence-corrected chi connectivity index (χ0v) is 20.6. The molecule has 0 spiro atoms. The molecule has 0 aliphatic carbocycles. The molecule has 2 saturated heterocycles. The van der Waals surface area contributed by atoms with Gasteiger partial charge in [-0.25, -0.2) is 9.78 Å². The molecule has 33 heavy (non-hydrogen) atoms. The Morgan fingerprint density at radius 2 is 2.06 bits per heavy atom. The highest BCUT2D eigenvalue weighted by Gasteiger charge is 2.66. The molecule has 3 aliphatic heterocycles. The number of carbonyl (C=O) groups excluding carboxylic acids is 3. The Bertz CT molecular complexity index is 1030. The molecule has 10 heteroatoms. The molecule has 3 aliphatic rings. The Labute approximate surface area is 200 Å². The van der Waals surface area contributed by atoms with Crippen molar-refractivity contribution in [2.24, 2.45) is 0 Å². The lowest BCUT2D eigenvalue weighted by atomic mass is 9.80. The summed E-state index contributed by atoms with van der Waals surface area (Å²) in [4.78, 5) is 42.9. The van der Waals surface area contributed by atoms with E-state index in [4.69, 9.17) is 9.47 Å². The van der Waals surface area contributed by atoms with Gasteiger partial charge in [0.25, 0.3) is 0 Å². The van der Waals surface area contributed by atoms with Crippen molar-refractivity contribution in [2.75, 3.05) is 7.11 Å². The van der Waals surface area contributed by atoms with Gasteiger partial charge in [0.05, 0.1) is 23.6 Å². The van der Waals surface area contributed by atoms with Crippen molar-refractivity contribution < 1.29 is 29.0 Å². The normalized spacial score (nSPS) is 37.8. The van der Waals surface area contributed by atoms with Crippen molar-refractivity contribution in [1.29, 1.82) is 0 Å². The van der Waals surface area contributed by atoms with Crippen LogP contribution in [0.5, 0.6) is 0 Å². The molecule has 0 unspecified atom stereocenters. The quantitative estimate of drug-likeness (QED) is 0.478. The van der Waals surface area contributed by atoms with Gasteiger partial charge in [0, 0.05) is 16.5 Å². The monoisotopic (exact) mass is 492 g/mol. The lowest BCUT2D eigenvalue weighted by molar-refractivity contribution is -0.164. The number of methoxy groups -OCH3 is 1. The Morgan fingerprint density at radius 1 is 1.33 bits per heavy atom. The fourth-order valence-corrected chi connectivity index (χ4v) is 7.48. The van der Waals surface area contributed by atoms with Gasteiger partial charge in [-0.05, 0) is 45.8 Å². The van der Waals surface area contributed by atoms with Gasteiger partial charge >= 0.3 is 5.97 Å². The minimum atomic E-state index is -1.92. The first-order chi connectivity index (χ1) is 15.5. The average Bonchev–Trinajstić information content (AvgIpc) is 3.32. The number of hydrogen-bond acceptors (Lipinski definition) is 9. The van der Waals surface area contributed by atoms with E-state index in [1.165, 1.54) is 43.2 Å². The lowest BCUT2D eigenvalue weighted by Gasteiger charge is -2.41. The van der Waals surface area contributed by atoms with Crippen molar-refractivity contribution in [3.05, 3.63) is 34.3 Å². The van der Waals surface area contributed by atoms with E-state index >= 15 is 0 Å². The second-order valence-electron chi connectivity index (χ2n) is 9.15. The summed E-state index contributed by atoms with van der Waals surface area (Å²) in [5.41, 5.74) is -1.19. The number of hydrogen-bond donors (Lipinski definition) is 2. The largest absolute Gasteiger partial charge is 0.467 e. The van der Waals surface area contributed by atoms with E-state index in [9.17, 15) is 19.5 Å². The maximum atomic E-state index is 13.1. The number of nitrogens with one attached hydrogen (secondary N) is 1. The van der Waals surface area contributed by atoms with E-state index in [-0.39, 0.29) is 30.3 Å². The maximum absolute atomic E-state index is 13.1. The van der Waals surface area contributed by atoms with Gasteiger partial charge in [-0.2, -0.15) is 0 Å². The number of rotatable bonds is 2. The third-order valence-corrected chi connectivity index (χ3v) is 9.76. The lowest BCUT2D eigenvalue weighted by Crippen LogP contribution is -2.57. The Kier molecular flexibility index (Phi) is 6.32. The number of ether oxygens (including phenoxy) is 2. The standard InChI is InChI=1S/C23H28N2O6S2/c1-13-19-25-14(12-32-19)7-5-6-8-15(26)17-18(31-17)21(2)9-10-23(33-21,11-16(27)24-13)22(3,29)20(28)30-4/h5-8,12-13,17-18,29H,9-11H2,1-4H3,(H,24,27)/b7-5-,8-6+/t13-,17+,18-,21-,22-,23+/m0/s1. The second-order valence-corrected chi connectivity index (χ2v) is 12.0. The molecule has 8 nitrogen and oxygen atoms in total. The molecule has 178 valence electrons.